The second kappa shape index (κ2) is 5.64. The minimum Gasteiger partial charge on any atom is -0.397 e. The van der Waals surface area contributed by atoms with Gasteiger partial charge in [0.25, 0.3) is 0 Å². The Balaban J connectivity index is 2.77. The number of nitriles is 2. The zero-order valence-corrected chi connectivity index (χ0v) is 11.5. The molecule has 0 bridgehead atoms. The summed E-state index contributed by atoms with van der Waals surface area (Å²) in [6.07, 6.45) is 1.83. The molecule has 98 valence electrons. The van der Waals surface area contributed by atoms with E-state index in [1.807, 2.05) is 18.4 Å². The minimum absolute atomic E-state index is 0.168. The van der Waals surface area contributed by atoms with Gasteiger partial charge in [0.1, 0.15) is 18.0 Å². The summed E-state index contributed by atoms with van der Waals surface area (Å²) in [5.41, 5.74) is 7.93. The van der Waals surface area contributed by atoms with E-state index in [-0.39, 0.29) is 17.1 Å². The second-order valence-electron chi connectivity index (χ2n) is 4.02. The number of anilines is 1. The molecular formula is C15H10FN3S. The SMILES string of the molecule is CSc1cc(-c2ccc(F)cc2)c(C#N)c(N)c1C#N. The molecule has 0 aliphatic heterocycles. The third kappa shape index (κ3) is 2.32. The van der Waals surface area contributed by atoms with Crippen LogP contribution < -0.4 is 5.73 Å². The number of nitrogens with two attached hydrogens (primary N) is 1. The lowest BCUT2D eigenvalue weighted by molar-refractivity contribution is 0.628. The van der Waals surface area contributed by atoms with Crippen molar-refractivity contribution in [3.05, 3.63) is 47.3 Å². The van der Waals surface area contributed by atoms with E-state index in [4.69, 9.17) is 11.0 Å². The Hall–Kier alpha value is -2.50. The third-order valence-corrected chi connectivity index (χ3v) is 3.69. The van der Waals surface area contributed by atoms with E-state index in [9.17, 15) is 9.65 Å². The van der Waals surface area contributed by atoms with Gasteiger partial charge in [-0.15, -0.1) is 11.8 Å². The maximum absolute atomic E-state index is 13.0. The largest absolute Gasteiger partial charge is 0.397 e. The number of hydrogen-bond acceptors (Lipinski definition) is 4. The molecule has 0 heterocycles. The van der Waals surface area contributed by atoms with Crippen LogP contribution in [0.15, 0.2) is 35.2 Å². The van der Waals surface area contributed by atoms with E-state index in [0.717, 1.165) is 0 Å². The second-order valence-corrected chi connectivity index (χ2v) is 4.87. The maximum Gasteiger partial charge on any atom is 0.123 e. The van der Waals surface area contributed by atoms with E-state index in [0.29, 0.717) is 21.6 Å². The molecular weight excluding hydrogens is 273 g/mol. The van der Waals surface area contributed by atoms with Crippen molar-refractivity contribution in [3.63, 3.8) is 0 Å². The van der Waals surface area contributed by atoms with Crippen LogP contribution in [-0.2, 0) is 0 Å². The van der Waals surface area contributed by atoms with E-state index < -0.39 is 0 Å². The fraction of sp³-hybridized carbons (Fsp3) is 0.0667. The van der Waals surface area contributed by atoms with Gasteiger partial charge in [-0.1, -0.05) is 12.1 Å². The van der Waals surface area contributed by atoms with Crippen molar-refractivity contribution in [1.29, 1.82) is 10.5 Å². The van der Waals surface area contributed by atoms with Gasteiger partial charge < -0.3 is 5.73 Å². The lowest BCUT2D eigenvalue weighted by Gasteiger charge is -2.12. The highest BCUT2D eigenvalue weighted by atomic mass is 32.2. The van der Waals surface area contributed by atoms with Crippen LogP contribution in [0.2, 0.25) is 0 Å². The van der Waals surface area contributed by atoms with Gasteiger partial charge in [-0.05, 0) is 30.0 Å². The Morgan fingerprint density at radius 2 is 1.70 bits per heavy atom. The number of rotatable bonds is 2. The molecule has 2 N–H and O–H groups in total. The van der Waals surface area contributed by atoms with E-state index in [1.54, 1.807) is 18.2 Å². The first-order chi connectivity index (χ1) is 9.62. The highest BCUT2D eigenvalue weighted by Gasteiger charge is 2.16. The first-order valence-corrected chi connectivity index (χ1v) is 6.91. The lowest BCUT2D eigenvalue weighted by atomic mass is 9.96. The molecule has 0 radical (unpaired) electrons. The molecule has 2 aromatic rings. The Morgan fingerprint density at radius 3 is 2.20 bits per heavy atom. The number of nitrogen functional groups attached to an aromatic ring is 1. The topological polar surface area (TPSA) is 73.6 Å². The van der Waals surface area contributed by atoms with Crippen LogP contribution in [-0.4, -0.2) is 6.26 Å². The van der Waals surface area contributed by atoms with Gasteiger partial charge in [-0.25, -0.2) is 4.39 Å². The van der Waals surface area contributed by atoms with E-state index in [2.05, 4.69) is 0 Å². The van der Waals surface area contributed by atoms with Crippen molar-refractivity contribution in [3.8, 4) is 23.3 Å². The van der Waals surface area contributed by atoms with Crippen LogP contribution in [0.4, 0.5) is 10.1 Å². The van der Waals surface area contributed by atoms with Crippen LogP contribution in [0.3, 0.4) is 0 Å². The van der Waals surface area contributed by atoms with Gasteiger partial charge in [0.15, 0.2) is 0 Å². The average molecular weight is 283 g/mol. The fourth-order valence-electron chi connectivity index (χ4n) is 1.93. The quantitative estimate of drug-likeness (QED) is 0.675. The number of thioether (sulfide) groups is 1. The predicted octanol–water partition coefficient (Wildman–Crippen LogP) is 3.54. The molecule has 0 amide bonds. The molecule has 0 fully saturated rings. The monoisotopic (exact) mass is 283 g/mol. The summed E-state index contributed by atoms with van der Waals surface area (Å²) >= 11 is 1.38. The molecule has 0 saturated heterocycles. The summed E-state index contributed by atoms with van der Waals surface area (Å²) in [5, 5.41) is 18.4. The Bertz CT molecular complexity index is 740. The first-order valence-electron chi connectivity index (χ1n) is 5.69. The molecule has 0 aliphatic carbocycles. The van der Waals surface area contributed by atoms with Crippen molar-refractivity contribution >= 4 is 17.4 Å². The van der Waals surface area contributed by atoms with Crippen molar-refractivity contribution in [2.24, 2.45) is 0 Å². The normalized spacial score (nSPS) is 9.80. The van der Waals surface area contributed by atoms with Crippen molar-refractivity contribution in [2.45, 2.75) is 4.90 Å². The molecule has 0 atom stereocenters. The van der Waals surface area contributed by atoms with Gasteiger partial charge in [-0.2, -0.15) is 10.5 Å². The van der Waals surface area contributed by atoms with Crippen LogP contribution in [0.5, 0.6) is 0 Å². The molecule has 0 aliphatic rings. The van der Waals surface area contributed by atoms with Gasteiger partial charge in [0.05, 0.1) is 16.8 Å². The Kier molecular flexibility index (Phi) is 3.93. The van der Waals surface area contributed by atoms with Crippen LogP contribution in [0.25, 0.3) is 11.1 Å². The first kappa shape index (κ1) is 13.9. The molecule has 2 aromatic carbocycles. The molecule has 0 unspecified atom stereocenters. The summed E-state index contributed by atoms with van der Waals surface area (Å²) in [5.74, 6) is -0.348. The molecule has 5 heteroatoms. The number of nitrogens with zero attached hydrogens (tertiary/aromatic N) is 2. The van der Waals surface area contributed by atoms with Crippen LogP contribution >= 0.6 is 11.8 Å². The van der Waals surface area contributed by atoms with E-state index >= 15 is 0 Å². The zero-order chi connectivity index (χ0) is 14.7. The highest BCUT2D eigenvalue weighted by molar-refractivity contribution is 7.98. The zero-order valence-electron chi connectivity index (χ0n) is 10.6. The van der Waals surface area contributed by atoms with Gasteiger partial charge in [0, 0.05) is 10.5 Å². The van der Waals surface area contributed by atoms with Crippen LogP contribution in [0, 0.1) is 28.5 Å². The highest BCUT2D eigenvalue weighted by Crippen LogP contribution is 2.35. The summed E-state index contributed by atoms with van der Waals surface area (Å²) in [6.45, 7) is 0. The number of halogens is 1. The molecule has 2 rings (SSSR count). The summed E-state index contributed by atoms with van der Waals surface area (Å²) in [7, 11) is 0. The smallest absolute Gasteiger partial charge is 0.123 e. The molecule has 20 heavy (non-hydrogen) atoms. The third-order valence-electron chi connectivity index (χ3n) is 2.93. The predicted molar refractivity (Wildman–Crippen MR) is 77.5 cm³/mol. The van der Waals surface area contributed by atoms with Crippen molar-refractivity contribution in [1.82, 2.24) is 0 Å². The average Bonchev–Trinajstić information content (AvgIpc) is 2.47. The molecule has 3 nitrogen and oxygen atoms in total. The minimum atomic E-state index is -0.348. The van der Waals surface area contributed by atoms with Crippen molar-refractivity contribution in [2.75, 3.05) is 12.0 Å². The standard InChI is InChI=1S/C15H10FN3S/c1-20-14-6-11(9-2-4-10(16)5-3-9)12(7-17)15(19)13(14)8-18/h2-6H,19H2,1H3. The molecule has 0 saturated carbocycles. The van der Waals surface area contributed by atoms with Crippen molar-refractivity contribution < 1.29 is 4.39 Å². The number of hydrogen-bond donors (Lipinski definition) is 1. The Morgan fingerprint density at radius 1 is 1.10 bits per heavy atom. The Labute approximate surface area is 120 Å². The summed E-state index contributed by atoms with van der Waals surface area (Å²) < 4.78 is 13.0. The lowest BCUT2D eigenvalue weighted by Crippen LogP contribution is -2.00. The van der Waals surface area contributed by atoms with E-state index in [1.165, 1.54) is 23.9 Å². The van der Waals surface area contributed by atoms with Gasteiger partial charge in [0.2, 0.25) is 0 Å². The summed E-state index contributed by atoms with van der Waals surface area (Å²) in [6, 6.07) is 11.6. The maximum atomic E-state index is 13.0. The van der Waals surface area contributed by atoms with Gasteiger partial charge in [-0.3, -0.25) is 0 Å². The summed E-state index contributed by atoms with van der Waals surface area (Å²) in [4.78, 5) is 0.698. The molecule has 0 spiro atoms. The van der Waals surface area contributed by atoms with Gasteiger partial charge >= 0.3 is 0 Å². The number of benzene rings is 2. The molecule has 0 aromatic heterocycles. The van der Waals surface area contributed by atoms with Crippen LogP contribution in [0.1, 0.15) is 11.1 Å². The fourth-order valence-corrected chi connectivity index (χ4v) is 2.53.